The van der Waals surface area contributed by atoms with E-state index in [1.807, 2.05) is 0 Å². The molecule has 1 aliphatic carbocycles. The molecule has 1 atom stereocenters. The molecule has 19 heavy (non-hydrogen) atoms. The van der Waals surface area contributed by atoms with E-state index >= 15 is 0 Å². The average molecular weight is 265 g/mol. The summed E-state index contributed by atoms with van der Waals surface area (Å²) in [5, 5.41) is 9.82. The summed E-state index contributed by atoms with van der Waals surface area (Å²) in [6.45, 7) is 3.99. The maximum atomic E-state index is 13.3. The number of aliphatic hydroxyl groups excluding tert-OH is 1. The Morgan fingerprint density at radius 2 is 1.89 bits per heavy atom. The summed E-state index contributed by atoms with van der Waals surface area (Å²) in [5.74, 6) is 0.527. The summed E-state index contributed by atoms with van der Waals surface area (Å²) in [6.07, 6.45) is 4.21. The van der Waals surface area contributed by atoms with Crippen LogP contribution in [0.5, 0.6) is 0 Å². The van der Waals surface area contributed by atoms with Gasteiger partial charge in [0.2, 0.25) is 0 Å². The van der Waals surface area contributed by atoms with Crippen LogP contribution in [0.1, 0.15) is 51.2 Å². The molecule has 1 saturated carbocycles. The van der Waals surface area contributed by atoms with E-state index < -0.39 is 6.10 Å². The lowest BCUT2D eigenvalue weighted by atomic mass is 9.86. The minimum absolute atomic E-state index is 0.287. The highest BCUT2D eigenvalue weighted by Crippen LogP contribution is 2.33. The number of anilines is 1. The largest absolute Gasteiger partial charge is 0.389 e. The van der Waals surface area contributed by atoms with E-state index in [0.717, 1.165) is 11.6 Å². The molecular weight excluding hydrogens is 241 g/mol. The van der Waals surface area contributed by atoms with Gasteiger partial charge in [-0.15, -0.1) is 0 Å². The molecule has 0 bridgehead atoms. The first kappa shape index (κ1) is 14.3. The minimum atomic E-state index is -0.643. The fourth-order valence-electron chi connectivity index (χ4n) is 3.01. The van der Waals surface area contributed by atoms with Gasteiger partial charge in [-0.3, -0.25) is 0 Å². The Bertz CT molecular complexity index is 425. The lowest BCUT2D eigenvalue weighted by Crippen LogP contribution is -2.35. The first-order valence-corrected chi connectivity index (χ1v) is 7.19. The predicted molar refractivity (Wildman–Crippen MR) is 76.9 cm³/mol. The third kappa shape index (κ3) is 3.27. The summed E-state index contributed by atoms with van der Waals surface area (Å²) in [5.41, 5.74) is 1.64. The lowest BCUT2D eigenvalue weighted by molar-refractivity contribution is 0.199. The third-order valence-electron chi connectivity index (χ3n) is 4.35. The second-order valence-corrected chi connectivity index (χ2v) is 5.90. The summed E-state index contributed by atoms with van der Waals surface area (Å²) in [7, 11) is 2.06. The maximum absolute atomic E-state index is 13.3. The van der Waals surface area contributed by atoms with Crippen LogP contribution in [-0.2, 0) is 0 Å². The average Bonchev–Trinajstić information content (AvgIpc) is 2.38. The quantitative estimate of drug-likeness (QED) is 0.896. The van der Waals surface area contributed by atoms with Crippen LogP contribution in [0.4, 0.5) is 10.1 Å². The van der Waals surface area contributed by atoms with Crippen LogP contribution >= 0.6 is 0 Å². The van der Waals surface area contributed by atoms with E-state index in [1.165, 1.54) is 37.8 Å². The number of aliphatic hydroxyl groups is 1. The van der Waals surface area contributed by atoms with Gasteiger partial charge in [0.05, 0.1) is 6.10 Å². The molecule has 1 aliphatic rings. The van der Waals surface area contributed by atoms with Crippen molar-refractivity contribution < 1.29 is 9.50 Å². The van der Waals surface area contributed by atoms with Gasteiger partial charge in [-0.1, -0.05) is 6.92 Å². The fourth-order valence-corrected chi connectivity index (χ4v) is 3.01. The smallest absolute Gasteiger partial charge is 0.123 e. The second kappa shape index (κ2) is 5.91. The van der Waals surface area contributed by atoms with Crippen molar-refractivity contribution in [3.63, 3.8) is 0 Å². The van der Waals surface area contributed by atoms with Crippen molar-refractivity contribution in [3.8, 4) is 0 Å². The molecule has 0 spiro atoms. The number of nitrogens with zero attached hydrogens (tertiary/aromatic N) is 1. The molecule has 2 rings (SSSR count). The van der Waals surface area contributed by atoms with Crippen molar-refractivity contribution in [3.05, 3.63) is 29.6 Å². The van der Waals surface area contributed by atoms with E-state index in [4.69, 9.17) is 0 Å². The molecule has 0 amide bonds. The highest BCUT2D eigenvalue weighted by atomic mass is 19.1. The zero-order chi connectivity index (χ0) is 14.0. The van der Waals surface area contributed by atoms with Crippen LogP contribution in [0.15, 0.2) is 18.2 Å². The Balaban J connectivity index is 2.21. The molecule has 0 saturated heterocycles. The zero-order valence-corrected chi connectivity index (χ0v) is 12.1. The van der Waals surface area contributed by atoms with Crippen molar-refractivity contribution in [2.45, 2.75) is 51.7 Å². The molecule has 2 nitrogen and oxygen atoms in total. The molecule has 1 aromatic rings. The minimum Gasteiger partial charge on any atom is -0.389 e. The van der Waals surface area contributed by atoms with Crippen molar-refractivity contribution in [1.29, 1.82) is 0 Å². The molecule has 0 aromatic heterocycles. The van der Waals surface area contributed by atoms with E-state index in [-0.39, 0.29) is 5.82 Å². The molecule has 106 valence electrons. The molecule has 1 fully saturated rings. The molecule has 0 aliphatic heterocycles. The maximum Gasteiger partial charge on any atom is 0.123 e. The zero-order valence-electron chi connectivity index (χ0n) is 12.1. The van der Waals surface area contributed by atoms with Gasteiger partial charge in [-0.25, -0.2) is 4.39 Å². The van der Waals surface area contributed by atoms with Crippen LogP contribution in [0.25, 0.3) is 0 Å². The van der Waals surface area contributed by atoms with Gasteiger partial charge in [-0.2, -0.15) is 0 Å². The highest BCUT2D eigenvalue weighted by molar-refractivity contribution is 5.55. The van der Waals surface area contributed by atoms with Crippen molar-refractivity contribution >= 4 is 5.69 Å². The number of rotatable bonds is 3. The van der Waals surface area contributed by atoms with Crippen LogP contribution in [0.2, 0.25) is 0 Å². The lowest BCUT2D eigenvalue weighted by Gasteiger charge is -2.36. The first-order valence-electron chi connectivity index (χ1n) is 7.19. The standard InChI is InChI=1S/C16H24FNO/c1-11-4-7-14(8-5-11)18(3)16-9-6-13(17)10-15(16)12(2)19/h6,9-12,14,19H,4-5,7-8H2,1-3H3/t11?,12-,14?/m1/s1. The summed E-state index contributed by atoms with van der Waals surface area (Å²) >= 11 is 0. The second-order valence-electron chi connectivity index (χ2n) is 5.90. The SMILES string of the molecule is CC1CCC(N(C)c2ccc(F)cc2[C@@H](C)O)CC1. The summed E-state index contributed by atoms with van der Waals surface area (Å²) in [6, 6.07) is 5.21. The van der Waals surface area contributed by atoms with E-state index in [9.17, 15) is 9.50 Å². The van der Waals surface area contributed by atoms with Crippen LogP contribution in [-0.4, -0.2) is 18.2 Å². The fraction of sp³-hybridized carbons (Fsp3) is 0.625. The topological polar surface area (TPSA) is 23.5 Å². The summed E-state index contributed by atoms with van der Waals surface area (Å²) < 4.78 is 13.3. The van der Waals surface area contributed by atoms with Gasteiger partial charge < -0.3 is 10.0 Å². The van der Waals surface area contributed by atoms with Gasteiger partial charge in [-0.05, 0) is 56.7 Å². The monoisotopic (exact) mass is 265 g/mol. The number of hydrogen-bond donors (Lipinski definition) is 1. The third-order valence-corrected chi connectivity index (χ3v) is 4.35. The van der Waals surface area contributed by atoms with Gasteiger partial charge >= 0.3 is 0 Å². The molecular formula is C16H24FNO. The predicted octanol–water partition coefficient (Wildman–Crippen LogP) is 3.89. The number of halogens is 1. The molecule has 0 radical (unpaired) electrons. The molecule has 1 aromatic carbocycles. The number of hydrogen-bond acceptors (Lipinski definition) is 2. The van der Waals surface area contributed by atoms with E-state index in [0.29, 0.717) is 11.6 Å². The van der Waals surface area contributed by atoms with Gasteiger partial charge in [0.1, 0.15) is 5.82 Å². The normalized spacial score (nSPS) is 25.1. The Hall–Kier alpha value is -1.09. The van der Waals surface area contributed by atoms with Crippen LogP contribution in [0, 0.1) is 11.7 Å². The van der Waals surface area contributed by atoms with Gasteiger partial charge in [0.25, 0.3) is 0 Å². The summed E-state index contributed by atoms with van der Waals surface area (Å²) in [4.78, 5) is 2.22. The Kier molecular flexibility index (Phi) is 4.46. The Labute approximate surface area is 115 Å². The molecule has 3 heteroatoms. The molecule has 0 unspecified atom stereocenters. The van der Waals surface area contributed by atoms with Gasteiger partial charge in [0, 0.05) is 24.3 Å². The van der Waals surface area contributed by atoms with E-state index in [1.54, 1.807) is 13.0 Å². The van der Waals surface area contributed by atoms with Crippen molar-refractivity contribution in [2.75, 3.05) is 11.9 Å². The Morgan fingerprint density at radius 3 is 2.47 bits per heavy atom. The highest BCUT2D eigenvalue weighted by Gasteiger charge is 2.24. The van der Waals surface area contributed by atoms with E-state index in [2.05, 4.69) is 18.9 Å². The molecule has 1 N–H and O–H groups in total. The van der Waals surface area contributed by atoms with Crippen LogP contribution in [0.3, 0.4) is 0 Å². The van der Waals surface area contributed by atoms with Crippen molar-refractivity contribution in [1.82, 2.24) is 0 Å². The number of benzene rings is 1. The van der Waals surface area contributed by atoms with Gasteiger partial charge in [0.15, 0.2) is 0 Å². The molecule has 0 heterocycles. The van der Waals surface area contributed by atoms with Crippen molar-refractivity contribution in [2.24, 2.45) is 5.92 Å². The first-order chi connectivity index (χ1) is 8.99. The van der Waals surface area contributed by atoms with Crippen LogP contribution < -0.4 is 4.90 Å². The Morgan fingerprint density at radius 1 is 1.26 bits per heavy atom.